The highest BCUT2D eigenvalue weighted by Crippen LogP contribution is 2.40. The van der Waals surface area contributed by atoms with E-state index in [1.54, 1.807) is 24.3 Å². The number of allylic oxidation sites excluding steroid dienone is 2. The molecule has 78 valence electrons. The average Bonchev–Trinajstić information content (AvgIpc) is 2.02. The van der Waals surface area contributed by atoms with Crippen molar-refractivity contribution in [1.82, 2.24) is 0 Å². The zero-order valence-electron chi connectivity index (χ0n) is 8.82. The zero-order valence-corrected chi connectivity index (χ0v) is 8.82. The first-order valence-corrected chi connectivity index (χ1v) is 4.67. The van der Waals surface area contributed by atoms with Crippen molar-refractivity contribution in [1.29, 1.82) is 0 Å². The molecule has 2 unspecified atom stereocenters. The third-order valence-electron chi connectivity index (χ3n) is 2.75. The summed E-state index contributed by atoms with van der Waals surface area (Å²) in [6.07, 6.45) is 6.76. The van der Waals surface area contributed by atoms with Crippen molar-refractivity contribution in [2.45, 2.75) is 26.4 Å². The summed E-state index contributed by atoms with van der Waals surface area (Å²) < 4.78 is 0. The molecule has 0 saturated heterocycles. The Hall–Kier alpha value is -1.09. The number of hydrogen-bond donors (Lipinski definition) is 2. The van der Waals surface area contributed by atoms with E-state index in [0.29, 0.717) is 0 Å². The molecule has 3 nitrogen and oxygen atoms in total. The van der Waals surface area contributed by atoms with Crippen molar-refractivity contribution >= 4 is 5.91 Å². The summed E-state index contributed by atoms with van der Waals surface area (Å²) in [5, 5.41) is 10.4. The molecular formula is C11H17NO2. The van der Waals surface area contributed by atoms with E-state index in [4.69, 9.17) is 5.73 Å². The first kappa shape index (κ1) is 11.0. The van der Waals surface area contributed by atoms with Crippen LogP contribution in [-0.2, 0) is 4.79 Å². The number of hydrogen-bond acceptors (Lipinski definition) is 2. The number of carbonyl (C=O) groups excluding carboxylic acids is 1. The third kappa shape index (κ3) is 1.60. The average molecular weight is 195 g/mol. The fourth-order valence-corrected chi connectivity index (χ4v) is 1.66. The zero-order chi connectivity index (χ0) is 11.0. The van der Waals surface area contributed by atoms with Gasteiger partial charge in [0.1, 0.15) is 5.60 Å². The SMILES string of the molecule is CC(C)(C)C1(O)C=CC=CC1C(N)=O. The molecule has 0 fully saturated rings. The number of aliphatic hydroxyl groups is 1. The van der Waals surface area contributed by atoms with Crippen molar-refractivity contribution < 1.29 is 9.90 Å². The fraction of sp³-hybridized carbons (Fsp3) is 0.545. The second-order valence-corrected chi connectivity index (χ2v) is 4.70. The summed E-state index contributed by atoms with van der Waals surface area (Å²) in [4.78, 5) is 11.2. The Kier molecular flexibility index (Phi) is 2.54. The summed E-state index contributed by atoms with van der Waals surface area (Å²) >= 11 is 0. The maximum absolute atomic E-state index is 11.2. The van der Waals surface area contributed by atoms with Crippen LogP contribution in [0.2, 0.25) is 0 Å². The van der Waals surface area contributed by atoms with Crippen LogP contribution < -0.4 is 5.73 Å². The Balaban J connectivity index is 3.13. The van der Waals surface area contributed by atoms with Gasteiger partial charge in [0.2, 0.25) is 5.91 Å². The quantitative estimate of drug-likeness (QED) is 0.655. The molecule has 0 heterocycles. The van der Waals surface area contributed by atoms with Gasteiger partial charge in [0.25, 0.3) is 0 Å². The third-order valence-corrected chi connectivity index (χ3v) is 2.75. The normalized spacial score (nSPS) is 31.9. The number of amides is 1. The number of rotatable bonds is 1. The minimum absolute atomic E-state index is 0.423. The van der Waals surface area contributed by atoms with E-state index in [1.165, 1.54) is 0 Å². The molecule has 3 N–H and O–H groups in total. The Bertz CT molecular complexity index is 299. The van der Waals surface area contributed by atoms with Gasteiger partial charge in [-0.05, 0) is 5.41 Å². The van der Waals surface area contributed by atoms with E-state index in [1.807, 2.05) is 20.8 Å². The van der Waals surface area contributed by atoms with Crippen LogP contribution in [0, 0.1) is 11.3 Å². The fourth-order valence-electron chi connectivity index (χ4n) is 1.66. The molecule has 0 aromatic carbocycles. The van der Waals surface area contributed by atoms with Crippen LogP contribution in [0.4, 0.5) is 0 Å². The molecule has 0 aromatic rings. The van der Waals surface area contributed by atoms with E-state index < -0.39 is 22.8 Å². The minimum atomic E-state index is -1.19. The Labute approximate surface area is 84.3 Å². The molecule has 0 aromatic heterocycles. The van der Waals surface area contributed by atoms with Crippen LogP contribution >= 0.6 is 0 Å². The topological polar surface area (TPSA) is 63.3 Å². The van der Waals surface area contributed by atoms with Gasteiger partial charge in [-0.2, -0.15) is 0 Å². The number of carbonyl (C=O) groups is 1. The molecule has 1 amide bonds. The van der Waals surface area contributed by atoms with Crippen LogP contribution in [0.5, 0.6) is 0 Å². The number of primary amides is 1. The van der Waals surface area contributed by atoms with E-state index in [0.717, 1.165) is 0 Å². The molecule has 1 aliphatic rings. The smallest absolute Gasteiger partial charge is 0.227 e. The Morgan fingerprint density at radius 1 is 1.43 bits per heavy atom. The van der Waals surface area contributed by atoms with Gasteiger partial charge in [0.05, 0.1) is 5.92 Å². The lowest BCUT2D eigenvalue weighted by Crippen LogP contribution is -2.52. The van der Waals surface area contributed by atoms with Crippen LogP contribution in [0.3, 0.4) is 0 Å². The minimum Gasteiger partial charge on any atom is -0.384 e. The molecule has 0 radical (unpaired) electrons. The number of nitrogens with two attached hydrogens (primary N) is 1. The second kappa shape index (κ2) is 3.24. The lowest BCUT2D eigenvalue weighted by Gasteiger charge is -2.42. The lowest BCUT2D eigenvalue weighted by atomic mass is 9.67. The second-order valence-electron chi connectivity index (χ2n) is 4.70. The predicted molar refractivity (Wildman–Crippen MR) is 55.4 cm³/mol. The van der Waals surface area contributed by atoms with Gasteiger partial charge in [-0.15, -0.1) is 0 Å². The largest absolute Gasteiger partial charge is 0.384 e. The molecule has 3 heteroatoms. The van der Waals surface area contributed by atoms with Gasteiger partial charge in [0, 0.05) is 0 Å². The van der Waals surface area contributed by atoms with E-state index >= 15 is 0 Å². The van der Waals surface area contributed by atoms with Crippen molar-refractivity contribution in [3.8, 4) is 0 Å². The summed E-state index contributed by atoms with van der Waals surface area (Å²) in [6.45, 7) is 5.64. The lowest BCUT2D eigenvalue weighted by molar-refractivity contribution is -0.132. The van der Waals surface area contributed by atoms with Gasteiger partial charge in [-0.1, -0.05) is 45.1 Å². The highest BCUT2D eigenvalue weighted by Gasteiger charge is 2.46. The first-order valence-electron chi connectivity index (χ1n) is 4.67. The molecular weight excluding hydrogens is 178 g/mol. The van der Waals surface area contributed by atoms with Gasteiger partial charge in [-0.3, -0.25) is 4.79 Å². The molecule has 0 aliphatic heterocycles. The van der Waals surface area contributed by atoms with Gasteiger partial charge >= 0.3 is 0 Å². The molecule has 2 atom stereocenters. The summed E-state index contributed by atoms with van der Waals surface area (Å²) in [6, 6.07) is 0. The molecule has 0 spiro atoms. The maximum Gasteiger partial charge on any atom is 0.227 e. The maximum atomic E-state index is 11.2. The highest BCUT2D eigenvalue weighted by atomic mass is 16.3. The first-order chi connectivity index (χ1) is 6.29. The monoisotopic (exact) mass is 195 g/mol. The van der Waals surface area contributed by atoms with Crippen LogP contribution in [-0.4, -0.2) is 16.6 Å². The van der Waals surface area contributed by atoms with Gasteiger partial charge in [-0.25, -0.2) is 0 Å². The van der Waals surface area contributed by atoms with Crippen molar-refractivity contribution in [2.75, 3.05) is 0 Å². The van der Waals surface area contributed by atoms with Crippen molar-refractivity contribution in [3.05, 3.63) is 24.3 Å². The van der Waals surface area contributed by atoms with E-state index in [-0.39, 0.29) is 0 Å². The summed E-state index contributed by atoms with van der Waals surface area (Å²) in [5.74, 6) is -1.14. The van der Waals surface area contributed by atoms with Crippen molar-refractivity contribution in [3.63, 3.8) is 0 Å². The standard InChI is InChI=1S/C11H17NO2/c1-10(2,3)11(14)7-5-4-6-8(11)9(12)13/h4-8,14H,1-3H3,(H2,12,13). The molecule has 1 rings (SSSR count). The Morgan fingerprint density at radius 3 is 2.36 bits per heavy atom. The molecule has 0 bridgehead atoms. The molecule has 0 saturated carbocycles. The molecule has 14 heavy (non-hydrogen) atoms. The molecule has 1 aliphatic carbocycles. The van der Waals surface area contributed by atoms with Crippen molar-refractivity contribution in [2.24, 2.45) is 17.1 Å². The van der Waals surface area contributed by atoms with Crippen LogP contribution in [0.15, 0.2) is 24.3 Å². The highest BCUT2D eigenvalue weighted by molar-refractivity contribution is 5.81. The van der Waals surface area contributed by atoms with Crippen LogP contribution in [0.25, 0.3) is 0 Å². The Morgan fingerprint density at radius 2 is 2.00 bits per heavy atom. The van der Waals surface area contributed by atoms with E-state index in [2.05, 4.69) is 0 Å². The van der Waals surface area contributed by atoms with E-state index in [9.17, 15) is 9.90 Å². The van der Waals surface area contributed by atoms with Gasteiger partial charge in [0.15, 0.2) is 0 Å². The summed E-state index contributed by atoms with van der Waals surface area (Å²) in [7, 11) is 0. The van der Waals surface area contributed by atoms with Crippen LogP contribution in [0.1, 0.15) is 20.8 Å². The summed E-state index contributed by atoms with van der Waals surface area (Å²) in [5.41, 5.74) is 3.65. The van der Waals surface area contributed by atoms with Gasteiger partial charge < -0.3 is 10.8 Å². The predicted octanol–water partition coefficient (Wildman–Crippen LogP) is 0.991.